The summed E-state index contributed by atoms with van der Waals surface area (Å²) in [6, 6.07) is 7.98. The van der Waals surface area contributed by atoms with Crippen LogP contribution in [0.4, 0.5) is 0 Å². The lowest BCUT2D eigenvalue weighted by Gasteiger charge is -2.35. The zero-order chi connectivity index (χ0) is 14.4. The normalized spacial score (nSPS) is 22.1. The lowest BCUT2D eigenvalue weighted by Crippen LogP contribution is -2.34. The molecule has 1 aromatic carbocycles. The lowest BCUT2D eigenvalue weighted by molar-refractivity contribution is -0.0730. The number of ether oxygens (including phenoxy) is 2. The van der Waals surface area contributed by atoms with E-state index in [-0.39, 0.29) is 5.60 Å². The number of hydrogen-bond acceptors (Lipinski definition) is 3. The molecule has 0 amide bonds. The van der Waals surface area contributed by atoms with Crippen molar-refractivity contribution in [3.63, 3.8) is 0 Å². The summed E-state index contributed by atoms with van der Waals surface area (Å²) in [5.41, 5.74) is 1.17. The highest BCUT2D eigenvalue weighted by atomic mass is 16.5. The molecular weight excluding hydrogens is 250 g/mol. The molecular formula is C17H25NO2. The quantitative estimate of drug-likeness (QED) is 0.767. The monoisotopic (exact) mass is 275 g/mol. The second-order valence-electron chi connectivity index (χ2n) is 6.06. The lowest BCUT2D eigenvalue weighted by atomic mass is 9.86. The van der Waals surface area contributed by atoms with Crippen molar-refractivity contribution in [1.29, 1.82) is 0 Å². The number of methoxy groups -OCH3 is 1. The van der Waals surface area contributed by atoms with Gasteiger partial charge in [0.05, 0.1) is 12.7 Å². The second-order valence-corrected chi connectivity index (χ2v) is 6.06. The minimum atomic E-state index is 0.0443. The number of hydrogen-bond donors (Lipinski definition) is 0. The van der Waals surface area contributed by atoms with Crippen LogP contribution in [0.1, 0.15) is 38.7 Å². The molecule has 0 radical (unpaired) electrons. The molecule has 110 valence electrons. The molecule has 1 aliphatic rings. The van der Waals surface area contributed by atoms with E-state index in [4.69, 9.17) is 9.47 Å². The van der Waals surface area contributed by atoms with Gasteiger partial charge in [-0.2, -0.15) is 0 Å². The third-order valence-electron chi connectivity index (χ3n) is 3.82. The average Bonchev–Trinajstić information content (AvgIpc) is 2.43. The highest BCUT2D eigenvalue weighted by Crippen LogP contribution is 2.30. The fourth-order valence-corrected chi connectivity index (χ4v) is 2.72. The maximum absolute atomic E-state index is 5.74. The van der Waals surface area contributed by atoms with Crippen LogP contribution in [0.25, 0.3) is 0 Å². The highest BCUT2D eigenvalue weighted by Gasteiger charge is 2.28. The van der Waals surface area contributed by atoms with Crippen molar-refractivity contribution < 1.29 is 9.47 Å². The van der Waals surface area contributed by atoms with Crippen LogP contribution in [0.5, 0.6) is 5.75 Å². The third kappa shape index (κ3) is 4.64. The highest BCUT2D eigenvalue weighted by molar-refractivity contribution is 5.79. The molecule has 3 nitrogen and oxygen atoms in total. The van der Waals surface area contributed by atoms with Gasteiger partial charge in [-0.25, -0.2) is 0 Å². The molecule has 3 heteroatoms. The summed E-state index contributed by atoms with van der Waals surface area (Å²) < 4.78 is 10.9. The van der Waals surface area contributed by atoms with Crippen molar-refractivity contribution in [2.45, 2.75) is 38.7 Å². The molecule has 0 unspecified atom stereocenters. The molecule has 0 aliphatic carbocycles. The Morgan fingerprint density at radius 3 is 2.75 bits per heavy atom. The van der Waals surface area contributed by atoms with E-state index in [1.165, 1.54) is 6.42 Å². The van der Waals surface area contributed by atoms with E-state index in [9.17, 15) is 0 Å². The summed E-state index contributed by atoms with van der Waals surface area (Å²) in [5, 5.41) is 0. The van der Waals surface area contributed by atoms with Crippen molar-refractivity contribution in [3.05, 3.63) is 29.8 Å². The molecule has 20 heavy (non-hydrogen) atoms. The summed E-state index contributed by atoms with van der Waals surface area (Å²) in [6.07, 6.45) is 5.41. The summed E-state index contributed by atoms with van der Waals surface area (Å²) >= 11 is 0. The second kappa shape index (κ2) is 6.89. The van der Waals surface area contributed by atoms with Crippen molar-refractivity contribution in [2.24, 2.45) is 10.9 Å². The van der Waals surface area contributed by atoms with E-state index in [0.29, 0.717) is 0 Å². The zero-order valence-electron chi connectivity index (χ0n) is 12.8. The Morgan fingerprint density at radius 1 is 1.35 bits per heavy atom. The SMILES string of the molecule is COc1ccc(C=NCC[C@@H]2CCOC(C)(C)C2)cc1. The fraction of sp³-hybridized carbons (Fsp3) is 0.588. The first-order valence-corrected chi connectivity index (χ1v) is 7.37. The van der Waals surface area contributed by atoms with Gasteiger partial charge in [-0.1, -0.05) is 0 Å². The van der Waals surface area contributed by atoms with Gasteiger partial charge in [-0.15, -0.1) is 0 Å². The van der Waals surface area contributed by atoms with Gasteiger partial charge in [-0.05, 0) is 68.9 Å². The average molecular weight is 275 g/mol. The predicted octanol–water partition coefficient (Wildman–Crippen LogP) is 3.71. The zero-order valence-corrected chi connectivity index (χ0v) is 12.8. The van der Waals surface area contributed by atoms with Gasteiger partial charge in [0.2, 0.25) is 0 Å². The van der Waals surface area contributed by atoms with Crippen LogP contribution in [0.2, 0.25) is 0 Å². The molecule has 1 heterocycles. The first-order chi connectivity index (χ1) is 9.59. The van der Waals surface area contributed by atoms with E-state index in [1.54, 1.807) is 7.11 Å². The molecule has 0 saturated carbocycles. The van der Waals surface area contributed by atoms with Gasteiger partial charge in [0.15, 0.2) is 0 Å². The van der Waals surface area contributed by atoms with Crippen LogP contribution < -0.4 is 4.74 Å². The molecule has 0 spiro atoms. The van der Waals surface area contributed by atoms with Crippen LogP contribution in [-0.4, -0.2) is 32.1 Å². The number of benzene rings is 1. The maximum atomic E-state index is 5.74. The molecule has 0 aromatic heterocycles. The van der Waals surface area contributed by atoms with E-state index >= 15 is 0 Å². The summed E-state index contributed by atoms with van der Waals surface area (Å²) in [6.45, 7) is 6.15. The standard InChI is InChI=1S/C17H25NO2/c1-17(2)12-14(9-11-20-17)8-10-18-13-15-4-6-16(19-3)7-5-15/h4-7,13-14H,8-12H2,1-3H3/t14-/m1/s1. The Balaban J connectivity index is 1.75. The Labute approximate surface area is 122 Å². The Hall–Kier alpha value is -1.35. The summed E-state index contributed by atoms with van der Waals surface area (Å²) in [5.74, 6) is 1.62. The number of aliphatic imine (C=N–C) groups is 1. The van der Waals surface area contributed by atoms with Crippen molar-refractivity contribution in [3.8, 4) is 5.75 Å². The molecule has 2 rings (SSSR count). The predicted molar refractivity (Wildman–Crippen MR) is 82.8 cm³/mol. The van der Waals surface area contributed by atoms with Crippen LogP contribution in [0, 0.1) is 5.92 Å². The van der Waals surface area contributed by atoms with E-state index in [1.807, 2.05) is 30.5 Å². The van der Waals surface area contributed by atoms with Crippen LogP contribution in [-0.2, 0) is 4.74 Å². The molecule has 1 atom stereocenters. The van der Waals surface area contributed by atoms with Crippen molar-refractivity contribution in [2.75, 3.05) is 20.3 Å². The van der Waals surface area contributed by atoms with Gasteiger partial charge < -0.3 is 9.47 Å². The fourth-order valence-electron chi connectivity index (χ4n) is 2.72. The maximum Gasteiger partial charge on any atom is 0.118 e. The summed E-state index contributed by atoms with van der Waals surface area (Å²) in [7, 11) is 1.68. The van der Waals surface area contributed by atoms with Gasteiger partial charge in [-0.3, -0.25) is 4.99 Å². The van der Waals surface area contributed by atoms with Crippen LogP contribution >= 0.6 is 0 Å². The van der Waals surface area contributed by atoms with E-state index in [0.717, 1.165) is 43.2 Å². The van der Waals surface area contributed by atoms with E-state index in [2.05, 4.69) is 18.8 Å². The van der Waals surface area contributed by atoms with Gasteiger partial charge in [0.25, 0.3) is 0 Å². The smallest absolute Gasteiger partial charge is 0.118 e. The first-order valence-electron chi connectivity index (χ1n) is 7.37. The van der Waals surface area contributed by atoms with Gasteiger partial charge >= 0.3 is 0 Å². The van der Waals surface area contributed by atoms with Crippen LogP contribution in [0.15, 0.2) is 29.3 Å². The Kier molecular flexibility index (Phi) is 5.18. The number of rotatable bonds is 5. The molecule has 1 saturated heterocycles. The molecule has 1 fully saturated rings. The Morgan fingerprint density at radius 2 is 2.10 bits per heavy atom. The van der Waals surface area contributed by atoms with Crippen LogP contribution in [0.3, 0.4) is 0 Å². The molecule has 1 aliphatic heterocycles. The Bertz CT molecular complexity index is 437. The van der Waals surface area contributed by atoms with Crippen molar-refractivity contribution >= 4 is 6.21 Å². The third-order valence-corrected chi connectivity index (χ3v) is 3.82. The molecule has 1 aromatic rings. The minimum Gasteiger partial charge on any atom is -0.497 e. The van der Waals surface area contributed by atoms with Gasteiger partial charge in [0.1, 0.15) is 5.75 Å². The largest absolute Gasteiger partial charge is 0.497 e. The van der Waals surface area contributed by atoms with Crippen molar-refractivity contribution in [1.82, 2.24) is 0 Å². The van der Waals surface area contributed by atoms with E-state index < -0.39 is 0 Å². The molecule has 0 N–H and O–H groups in total. The topological polar surface area (TPSA) is 30.8 Å². The first kappa shape index (κ1) is 15.0. The minimum absolute atomic E-state index is 0.0443. The number of nitrogens with zero attached hydrogens (tertiary/aromatic N) is 1. The van der Waals surface area contributed by atoms with Gasteiger partial charge in [0, 0.05) is 19.4 Å². The molecule has 0 bridgehead atoms. The summed E-state index contributed by atoms with van der Waals surface area (Å²) in [4.78, 5) is 4.53.